The second-order valence-electron chi connectivity index (χ2n) is 10.2. The third-order valence-electron chi connectivity index (χ3n) is 6.75. The van der Waals surface area contributed by atoms with Gasteiger partial charge in [0.25, 0.3) is 5.91 Å². The number of nitrogens with one attached hydrogen (secondary N) is 2. The van der Waals surface area contributed by atoms with Crippen molar-refractivity contribution in [2.45, 2.75) is 77.5 Å². The molecule has 2 aromatic rings. The maximum Gasteiger partial charge on any atom is 0.253 e. The van der Waals surface area contributed by atoms with Crippen molar-refractivity contribution in [1.82, 2.24) is 20.1 Å². The highest BCUT2D eigenvalue weighted by atomic mass is 16.2. The maximum absolute atomic E-state index is 13.0. The molecule has 2 amide bonds. The number of hydrogen-bond acceptors (Lipinski definition) is 3. The van der Waals surface area contributed by atoms with Gasteiger partial charge in [0, 0.05) is 47.8 Å². The van der Waals surface area contributed by atoms with Crippen molar-refractivity contribution in [3.63, 3.8) is 0 Å². The Labute approximate surface area is 185 Å². The molecule has 6 heteroatoms. The van der Waals surface area contributed by atoms with Crippen molar-refractivity contribution < 1.29 is 9.59 Å². The first kappa shape index (κ1) is 21.9. The Morgan fingerprint density at radius 1 is 1.10 bits per heavy atom. The van der Waals surface area contributed by atoms with Crippen LogP contribution in [0, 0.1) is 5.92 Å². The van der Waals surface area contributed by atoms with Gasteiger partial charge in [-0.1, -0.05) is 18.2 Å². The third-order valence-corrected chi connectivity index (χ3v) is 6.75. The van der Waals surface area contributed by atoms with Gasteiger partial charge >= 0.3 is 0 Å². The molecule has 4 rings (SSSR count). The molecular formula is C25H36N4O2. The number of aromatic nitrogens is 1. The molecule has 0 aliphatic carbocycles. The Bertz CT molecular complexity index is 944. The fraction of sp³-hybridized carbons (Fsp3) is 0.600. The van der Waals surface area contributed by atoms with Crippen LogP contribution in [0.25, 0.3) is 10.9 Å². The molecule has 168 valence electrons. The average molecular weight is 425 g/mol. The summed E-state index contributed by atoms with van der Waals surface area (Å²) in [6.45, 7) is 10.2. The van der Waals surface area contributed by atoms with Gasteiger partial charge in [-0.15, -0.1) is 0 Å². The molecule has 1 aromatic carbocycles. The van der Waals surface area contributed by atoms with E-state index in [1.165, 1.54) is 0 Å². The Morgan fingerprint density at radius 3 is 2.42 bits per heavy atom. The van der Waals surface area contributed by atoms with Crippen LogP contribution in [-0.2, 0) is 11.3 Å². The molecule has 31 heavy (non-hydrogen) atoms. The lowest BCUT2D eigenvalue weighted by Gasteiger charge is -2.39. The molecule has 2 aliphatic rings. The van der Waals surface area contributed by atoms with Gasteiger partial charge in [-0.05, 0) is 65.4 Å². The highest BCUT2D eigenvalue weighted by Gasteiger charge is 2.41. The van der Waals surface area contributed by atoms with Crippen molar-refractivity contribution >= 4 is 22.7 Å². The molecule has 2 fully saturated rings. The van der Waals surface area contributed by atoms with Gasteiger partial charge in [-0.2, -0.15) is 0 Å². The normalized spacial score (nSPS) is 23.8. The first-order valence-electron chi connectivity index (χ1n) is 11.7. The number of para-hydroxylation sites is 1. The number of piperidine rings is 1. The van der Waals surface area contributed by atoms with E-state index in [9.17, 15) is 9.59 Å². The van der Waals surface area contributed by atoms with E-state index >= 15 is 0 Å². The molecule has 2 N–H and O–H groups in total. The third kappa shape index (κ3) is 4.79. The first-order chi connectivity index (χ1) is 14.7. The van der Waals surface area contributed by atoms with Crippen LogP contribution in [0.4, 0.5) is 0 Å². The number of hydrogen-bond donors (Lipinski definition) is 2. The summed E-state index contributed by atoms with van der Waals surface area (Å²) in [4.78, 5) is 27.8. The topological polar surface area (TPSA) is 66.4 Å². The summed E-state index contributed by atoms with van der Waals surface area (Å²) in [5.41, 5.74) is 1.67. The van der Waals surface area contributed by atoms with Crippen LogP contribution in [0.3, 0.4) is 0 Å². The fourth-order valence-corrected chi connectivity index (χ4v) is 5.46. The molecule has 3 atom stereocenters. The van der Waals surface area contributed by atoms with Gasteiger partial charge in [0.1, 0.15) is 0 Å². The summed E-state index contributed by atoms with van der Waals surface area (Å²) in [5.74, 6) is 0.606. The quantitative estimate of drug-likeness (QED) is 0.745. The van der Waals surface area contributed by atoms with E-state index < -0.39 is 0 Å². The van der Waals surface area contributed by atoms with Crippen molar-refractivity contribution in [3.8, 4) is 0 Å². The van der Waals surface area contributed by atoms with E-state index in [0.29, 0.717) is 31.1 Å². The average Bonchev–Trinajstić information content (AvgIpc) is 3.18. The van der Waals surface area contributed by atoms with Crippen molar-refractivity contribution in [1.29, 1.82) is 0 Å². The number of aryl methyl sites for hydroxylation is 1. The van der Waals surface area contributed by atoms with Gasteiger partial charge < -0.3 is 15.2 Å². The second kappa shape index (κ2) is 8.65. The number of fused-ring (bicyclic) bond motifs is 3. The molecular weight excluding hydrogens is 388 g/mol. The van der Waals surface area contributed by atoms with Crippen LogP contribution >= 0.6 is 0 Å². The zero-order chi connectivity index (χ0) is 22.2. The van der Waals surface area contributed by atoms with E-state index in [4.69, 9.17) is 0 Å². The minimum Gasteiger partial charge on any atom is -0.352 e. The molecule has 0 saturated carbocycles. The number of nitrogens with zero attached hydrogens (tertiary/aromatic N) is 2. The van der Waals surface area contributed by atoms with Gasteiger partial charge in [0.2, 0.25) is 5.91 Å². The van der Waals surface area contributed by atoms with Crippen molar-refractivity contribution in [3.05, 3.63) is 36.0 Å². The monoisotopic (exact) mass is 424 g/mol. The molecule has 3 heterocycles. The second-order valence-corrected chi connectivity index (χ2v) is 10.2. The summed E-state index contributed by atoms with van der Waals surface area (Å²) in [5, 5.41) is 7.31. The van der Waals surface area contributed by atoms with E-state index in [2.05, 4.69) is 33.1 Å². The molecule has 2 bridgehead atoms. The summed E-state index contributed by atoms with van der Waals surface area (Å²) in [7, 11) is 0. The van der Waals surface area contributed by atoms with Gasteiger partial charge in [-0.25, -0.2) is 0 Å². The Kier molecular flexibility index (Phi) is 6.11. The number of carbonyl (C=O) groups is 2. The zero-order valence-corrected chi connectivity index (χ0v) is 19.3. The number of amides is 2. The predicted octanol–water partition coefficient (Wildman–Crippen LogP) is 3.55. The van der Waals surface area contributed by atoms with Gasteiger partial charge in [0.05, 0.1) is 12.1 Å². The minimum absolute atomic E-state index is 0.0164. The summed E-state index contributed by atoms with van der Waals surface area (Å²) >= 11 is 0. The standard InChI is InChI=1S/C25H36N4O2/c1-5-28-15-21(20-8-6-7-9-22(20)28)24(31)26-14-17-12-18-10-11-19(13-17)29(18)16-23(30)27-25(2,3)4/h6-9,15,17-19H,5,10-14,16H2,1-4H3,(H,26,31)(H,27,30)/t17-,18-,19+. The minimum atomic E-state index is -0.195. The van der Waals surface area contributed by atoms with E-state index in [1.54, 1.807) is 0 Å². The molecule has 2 aliphatic heterocycles. The number of benzene rings is 1. The lowest BCUT2D eigenvalue weighted by molar-refractivity contribution is -0.125. The number of carbonyl (C=O) groups excluding carboxylic acids is 2. The first-order valence-corrected chi connectivity index (χ1v) is 11.7. The molecule has 0 spiro atoms. The highest BCUT2D eigenvalue weighted by Crippen LogP contribution is 2.38. The van der Waals surface area contributed by atoms with Crippen LogP contribution < -0.4 is 10.6 Å². The SMILES string of the molecule is CCn1cc(C(=O)NC[C@@H]2C[C@H]3CC[C@@H](C2)N3CC(=O)NC(C)(C)C)c2ccccc21. The summed E-state index contributed by atoms with van der Waals surface area (Å²) in [6.07, 6.45) is 6.39. The molecule has 1 aromatic heterocycles. The fourth-order valence-electron chi connectivity index (χ4n) is 5.46. The van der Waals surface area contributed by atoms with E-state index in [-0.39, 0.29) is 17.4 Å². The van der Waals surface area contributed by atoms with E-state index in [1.807, 2.05) is 45.2 Å². The largest absolute Gasteiger partial charge is 0.352 e. The van der Waals surface area contributed by atoms with Crippen LogP contribution in [0.1, 0.15) is 63.7 Å². The predicted molar refractivity (Wildman–Crippen MR) is 124 cm³/mol. The van der Waals surface area contributed by atoms with E-state index in [0.717, 1.165) is 48.7 Å². The maximum atomic E-state index is 13.0. The Hall–Kier alpha value is -2.34. The lowest BCUT2D eigenvalue weighted by Crippen LogP contribution is -2.52. The lowest BCUT2D eigenvalue weighted by atomic mass is 9.90. The van der Waals surface area contributed by atoms with Crippen molar-refractivity contribution in [2.24, 2.45) is 5.92 Å². The highest BCUT2D eigenvalue weighted by molar-refractivity contribution is 6.07. The van der Waals surface area contributed by atoms with Crippen molar-refractivity contribution in [2.75, 3.05) is 13.1 Å². The summed E-state index contributed by atoms with van der Waals surface area (Å²) in [6, 6.07) is 9.00. The Morgan fingerprint density at radius 2 is 1.77 bits per heavy atom. The molecule has 0 radical (unpaired) electrons. The molecule has 6 nitrogen and oxygen atoms in total. The van der Waals surface area contributed by atoms with Crippen LogP contribution in [-0.4, -0.2) is 52.0 Å². The van der Waals surface area contributed by atoms with Crippen LogP contribution in [0.2, 0.25) is 0 Å². The zero-order valence-electron chi connectivity index (χ0n) is 19.3. The molecule has 2 saturated heterocycles. The number of rotatable bonds is 6. The van der Waals surface area contributed by atoms with Gasteiger partial charge in [-0.3, -0.25) is 14.5 Å². The van der Waals surface area contributed by atoms with Crippen LogP contribution in [0.15, 0.2) is 30.5 Å². The smallest absolute Gasteiger partial charge is 0.253 e. The molecule has 0 unspecified atom stereocenters. The van der Waals surface area contributed by atoms with Crippen LogP contribution in [0.5, 0.6) is 0 Å². The summed E-state index contributed by atoms with van der Waals surface area (Å²) < 4.78 is 2.13. The van der Waals surface area contributed by atoms with Gasteiger partial charge in [0.15, 0.2) is 0 Å². The Balaban J connectivity index is 1.34.